The molecule has 4 rings (SSSR count). The topological polar surface area (TPSA) is 58.1 Å². The maximum atomic E-state index is 13.8. The van der Waals surface area contributed by atoms with E-state index in [1.807, 2.05) is 0 Å². The predicted octanol–water partition coefficient (Wildman–Crippen LogP) is 4.36. The molecule has 0 atom stereocenters. The second-order valence-corrected chi connectivity index (χ2v) is 6.85. The normalized spacial score (nSPS) is 13.6. The van der Waals surface area contributed by atoms with Gasteiger partial charge in [0.15, 0.2) is 0 Å². The van der Waals surface area contributed by atoms with Gasteiger partial charge in [0.05, 0.1) is 17.0 Å². The van der Waals surface area contributed by atoms with Crippen molar-refractivity contribution in [1.29, 1.82) is 0 Å². The Bertz CT molecular complexity index is 1130. The van der Waals surface area contributed by atoms with E-state index in [9.17, 15) is 22.4 Å². The lowest BCUT2D eigenvalue weighted by molar-refractivity contribution is -0.137. The van der Waals surface area contributed by atoms with Crippen LogP contribution in [0.1, 0.15) is 21.5 Å². The first kappa shape index (κ1) is 19.8. The monoisotopic (exact) mass is 416 g/mol. The Labute approximate surface area is 169 Å². The van der Waals surface area contributed by atoms with Crippen LogP contribution in [-0.2, 0) is 12.6 Å². The van der Waals surface area contributed by atoms with E-state index in [1.54, 1.807) is 18.2 Å². The van der Waals surface area contributed by atoms with Gasteiger partial charge in [0, 0.05) is 42.9 Å². The highest BCUT2D eigenvalue weighted by molar-refractivity contribution is 5.98. The molecule has 3 aromatic rings. The van der Waals surface area contributed by atoms with Crippen LogP contribution >= 0.6 is 0 Å². The first-order valence-electron chi connectivity index (χ1n) is 9.08. The van der Waals surface area contributed by atoms with Crippen molar-refractivity contribution in [2.45, 2.75) is 12.6 Å². The lowest BCUT2D eigenvalue weighted by Gasteiger charge is -2.22. The quantitative estimate of drug-likeness (QED) is 0.645. The van der Waals surface area contributed by atoms with Crippen LogP contribution in [0.5, 0.6) is 0 Å². The highest BCUT2D eigenvalue weighted by Crippen LogP contribution is 2.35. The number of rotatable bonds is 3. The number of hydrogen-bond donors (Lipinski definition) is 1. The van der Waals surface area contributed by atoms with Crippen LogP contribution in [0.25, 0.3) is 11.4 Å². The van der Waals surface area contributed by atoms with E-state index >= 15 is 0 Å². The van der Waals surface area contributed by atoms with Gasteiger partial charge in [-0.25, -0.2) is 4.39 Å². The van der Waals surface area contributed by atoms with E-state index in [0.29, 0.717) is 41.7 Å². The zero-order chi connectivity index (χ0) is 21.5. The molecule has 0 unspecified atom stereocenters. The highest BCUT2D eigenvalue weighted by Gasteiger charge is 2.32. The van der Waals surface area contributed by atoms with E-state index in [2.05, 4.69) is 15.3 Å². The van der Waals surface area contributed by atoms with Gasteiger partial charge in [-0.1, -0.05) is 0 Å². The Balaban J connectivity index is 1.74. The van der Waals surface area contributed by atoms with Gasteiger partial charge in [0.2, 0.25) is 0 Å². The summed E-state index contributed by atoms with van der Waals surface area (Å²) in [6.45, 7) is 0.480. The Morgan fingerprint density at radius 1 is 1.03 bits per heavy atom. The summed E-state index contributed by atoms with van der Waals surface area (Å²) in [5, 5.41) is 2.77. The molecule has 1 aromatic carbocycles. The molecule has 2 aromatic heterocycles. The molecule has 0 radical (unpaired) electrons. The van der Waals surface area contributed by atoms with Gasteiger partial charge in [0.25, 0.3) is 5.91 Å². The third-order valence-corrected chi connectivity index (χ3v) is 4.93. The molecule has 1 amide bonds. The van der Waals surface area contributed by atoms with E-state index in [1.165, 1.54) is 24.3 Å². The minimum Gasteiger partial charge on any atom is -0.352 e. The molecular weight excluding hydrogens is 400 g/mol. The van der Waals surface area contributed by atoms with Crippen molar-refractivity contribution in [3.63, 3.8) is 0 Å². The second kappa shape index (κ2) is 7.40. The molecule has 3 heterocycles. The summed E-state index contributed by atoms with van der Waals surface area (Å²) >= 11 is 0. The molecule has 1 N–H and O–H groups in total. The van der Waals surface area contributed by atoms with Gasteiger partial charge in [-0.15, -0.1) is 0 Å². The van der Waals surface area contributed by atoms with Crippen molar-refractivity contribution < 1.29 is 22.4 Å². The number of nitrogens with zero attached hydrogens (tertiary/aromatic N) is 3. The van der Waals surface area contributed by atoms with E-state index in [4.69, 9.17) is 0 Å². The van der Waals surface area contributed by atoms with E-state index < -0.39 is 17.6 Å². The van der Waals surface area contributed by atoms with Gasteiger partial charge in [0.1, 0.15) is 5.82 Å². The number of pyridine rings is 2. The summed E-state index contributed by atoms with van der Waals surface area (Å²) in [5.41, 5.74) is 1.76. The summed E-state index contributed by atoms with van der Waals surface area (Å²) in [6, 6.07) is 7.25. The summed E-state index contributed by atoms with van der Waals surface area (Å²) in [7, 11) is 1.54. The van der Waals surface area contributed by atoms with Crippen molar-refractivity contribution in [3.8, 4) is 11.4 Å². The van der Waals surface area contributed by atoms with Crippen LogP contribution in [0.3, 0.4) is 0 Å². The SMILES string of the molecule is CN(c1cc(F)cc(C(F)(F)F)c1)c1ccnc(-c2nccc3c2CCNC3=O)c1. The van der Waals surface area contributed by atoms with Gasteiger partial charge in [-0.05, 0) is 48.4 Å². The number of anilines is 2. The number of nitrogens with one attached hydrogen (secondary N) is 1. The molecule has 154 valence electrons. The Kier molecular flexibility index (Phi) is 4.89. The van der Waals surface area contributed by atoms with Crippen molar-refractivity contribution in [2.75, 3.05) is 18.5 Å². The third kappa shape index (κ3) is 3.70. The molecule has 0 aliphatic carbocycles. The number of halogens is 4. The molecule has 1 aliphatic rings. The van der Waals surface area contributed by atoms with Crippen LogP contribution in [0.2, 0.25) is 0 Å². The first-order valence-corrected chi connectivity index (χ1v) is 9.08. The lowest BCUT2D eigenvalue weighted by Crippen LogP contribution is -2.32. The summed E-state index contributed by atoms with van der Waals surface area (Å²) in [5.74, 6) is -1.17. The molecule has 0 fully saturated rings. The average molecular weight is 416 g/mol. The van der Waals surface area contributed by atoms with Gasteiger partial charge >= 0.3 is 6.18 Å². The third-order valence-electron chi connectivity index (χ3n) is 4.93. The molecule has 0 saturated heterocycles. The molecule has 5 nitrogen and oxygen atoms in total. The summed E-state index contributed by atoms with van der Waals surface area (Å²) in [6.07, 6.45) is -1.06. The summed E-state index contributed by atoms with van der Waals surface area (Å²) < 4.78 is 53.0. The lowest BCUT2D eigenvalue weighted by atomic mass is 9.97. The number of carbonyl (C=O) groups is 1. The Morgan fingerprint density at radius 2 is 1.80 bits per heavy atom. The maximum absolute atomic E-state index is 13.8. The second-order valence-electron chi connectivity index (χ2n) is 6.85. The Hall–Kier alpha value is -3.49. The van der Waals surface area contributed by atoms with Crippen LogP contribution in [0.4, 0.5) is 28.9 Å². The number of carbonyl (C=O) groups excluding carboxylic acids is 1. The number of amides is 1. The van der Waals surface area contributed by atoms with Crippen molar-refractivity contribution in [2.24, 2.45) is 0 Å². The molecule has 0 spiro atoms. The van der Waals surface area contributed by atoms with E-state index in [0.717, 1.165) is 17.7 Å². The molecule has 1 aliphatic heterocycles. The van der Waals surface area contributed by atoms with Crippen molar-refractivity contribution >= 4 is 17.3 Å². The molecule has 0 bridgehead atoms. The zero-order valence-corrected chi connectivity index (χ0v) is 15.8. The molecule has 30 heavy (non-hydrogen) atoms. The van der Waals surface area contributed by atoms with E-state index in [-0.39, 0.29) is 11.6 Å². The molecular formula is C21H16F4N4O. The predicted molar refractivity (Wildman–Crippen MR) is 103 cm³/mol. The number of aromatic nitrogens is 2. The zero-order valence-electron chi connectivity index (χ0n) is 15.8. The fourth-order valence-corrected chi connectivity index (χ4v) is 3.41. The van der Waals surface area contributed by atoms with Crippen LogP contribution in [-0.4, -0.2) is 29.5 Å². The van der Waals surface area contributed by atoms with Crippen molar-refractivity contribution in [3.05, 3.63) is 71.3 Å². The smallest absolute Gasteiger partial charge is 0.352 e. The fraction of sp³-hybridized carbons (Fsp3) is 0.190. The van der Waals surface area contributed by atoms with Crippen molar-refractivity contribution in [1.82, 2.24) is 15.3 Å². The van der Waals surface area contributed by atoms with Crippen LogP contribution in [0.15, 0.2) is 48.8 Å². The fourth-order valence-electron chi connectivity index (χ4n) is 3.41. The maximum Gasteiger partial charge on any atom is 0.416 e. The number of hydrogen-bond acceptors (Lipinski definition) is 4. The van der Waals surface area contributed by atoms with Gasteiger partial charge in [-0.3, -0.25) is 14.8 Å². The summed E-state index contributed by atoms with van der Waals surface area (Å²) in [4.78, 5) is 22.2. The highest BCUT2D eigenvalue weighted by atomic mass is 19.4. The average Bonchev–Trinajstić information content (AvgIpc) is 2.72. The van der Waals surface area contributed by atoms with Crippen LogP contribution < -0.4 is 10.2 Å². The van der Waals surface area contributed by atoms with Gasteiger partial charge in [-0.2, -0.15) is 13.2 Å². The minimum absolute atomic E-state index is 0.0434. The molecule has 9 heteroatoms. The number of benzene rings is 1. The van der Waals surface area contributed by atoms with Crippen LogP contribution in [0, 0.1) is 5.82 Å². The Morgan fingerprint density at radius 3 is 2.57 bits per heavy atom. The largest absolute Gasteiger partial charge is 0.416 e. The first-order chi connectivity index (χ1) is 14.2. The standard InChI is InChI=1S/C21H16F4N4O/c1-29(15-9-12(21(23,24)25)8-13(22)10-15)14-2-5-26-18(11-14)19-16-3-7-28-20(30)17(16)4-6-27-19/h2,4-6,8-11H,3,7H2,1H3,(H,28,30). The number of alkyl halides is 3. The number of fused-ring (bicyclic) bond motifs is 1. The molecule has 0 saturated carbocycles. The minimum atomic E-state index is -4.66. The van der Waals surface area contributed by atoms with Gasteiger partial charge < -0.3 is 10.2 Å².